The van der Waals surface area contributed by atoms with Crippen molar-refractivity contribution < 1.29 is 14.6 Å². The Kier molecular flexibility index (Phi) is 9.59. The lowest BCUT2D eigenvalue weighted by Crippen LogP contribution is -2.27. The minimum absolute atomic E-state index is 0.155. The van der Waals surface area contributed by atoms with E-state index >= 15 is 0 Å². The number of rotatable bonds is 9. The van der Waals surface area contributed by atoms with Crippen LogP contribution in [0.25, 0.3) is 0 Å². The molecule has 0 amide bonds. The molecule has 0 spiro atoms. The van der Waals surface area contributed by atoms with Gasteiger partial charge in [0.1, 0.15) is 5.60 Å². The highest BCUT2D eigenvalue weighted by atomic mass is 32.2. The summed E-state index contributed by atoms with van der Waals surface area (Å²) in [7, 11) is 0. The molecule has 0 bridgehead atoms. The van der Waals surface area contributed by atoms with E-state index in [1.54, 1.807) is 0 Å². The van der Waals surface area contributed by atoms with Gasteiger partial charge in [-0.3, -0.25) is 4.79 Å². The van der Waals surface area contributed by atoms with Crippen molar-refractivity contribution in [3.05, 3.63) is 0 Å². The third-order valence-corrected chi connectivity index (χ3v) is 2.87. The van der Waals surface area contributed by atoms with Crippen molar-refractivity contribution in [2.45, 2.75) is 39.2 Å². The predicted molar refractivity (Wildman–Crippen MR) is 72.4 cm³/mol. The van der Waals surface area contributed by atoms with Crippen LogP contribution in [0.1, 0.15) is 33.6 Å². The maximum atomic E-state index is 11.3. The van der Waals surface area contributed by atoms with Crippen LogP contribution in [0.3, 0.4) is 0 Å². The number of hydrogen-bond acceptors (Lipinski definition) is 5. The van der Waals surface area contributed by atoms with Crippen molar-refractivity contribution in [2.75, 3.05) is 31.2 Å². The Labute approximate surface area is 108 Å². The summed E-state index contributed by atoms with van der Waals surface area (Å²) in [4.78, 5) is 11.3. The van der Waals surface area contributed by atoms with E-state index in [0.29, 0.717) is 13.0 Å². The van der Waals surface area contributed by atoms with E-state index in [2.05, 4.69) is 5.32 Å². The zero-order valence-electron chi connectivity index (χ0n) is 11.1. The molecule has 0 heterocycles. The molecular formula is C12H25NO3S. The van der Waals surface area contributed by atoms with Crippen molar-refractivity contribution in [3.63, 3.8) is 0 Å². The zero-order chi connectivity index (χ0) is 13.1. The predicted octanol–water partition coefficient (Wildman–Crippen LogP) is 1.42. The van der Waals surface area contributed by atoms with Crippen molar-refractivity contribution in [2.24, 2.45) is 0 Å². The second-order valence-electron chi connectivity index (χ2n) is 4.78. The molecule has 0 aliphatic carbocycles. The van der Waals surface area contributed by atoms with Gasteiger partial charge in [0.25, 0.3) is 0 Å². The van der Waals surface area contributed by atoms with Crippen molar-refractivity contribution in [1.82, 2.24) is 5.32 Å². The Bertz CT molecular complexity index is 204. The summed E-state index contributed by atoms with van der Waals surface area (Å²) in [5.74, 6) is 1.84. The Morgan fingerprint density at radius 2 is 2.00 bits per heavy atom. The Hall–Kier alpha value is -0.260. The van der Waals surface area contributed by atoms with Crippen LogP contribution in [0.15, 0.2) is 0 Å². The third-order valence-electron chi connectivity index (χ3n) is 1.80. The average molecular weight is 263 g/mol. The fraction of sp³-hybridized carbons (Fsp3) is 0.917. The number of aliphatic hydroxyl groups excluding tert-OH is 1. The number of nitrogens with one attached hydrogen (secondary N) is 1. The van der Waals surface area contributed by atoms with Crippen molar-refractivity contribution in [3.8, 4) is 0 Å². The summed E-state index contributed by atoms with van der Waals surface area (Å²) in [6, 6.07) is 0. The molecule has 17 heavy (non-hydrogen) atoms. The Balaban J connectivity index is 3.25. The van der Waals surface area contributed by atoms with Gasteiger partial charge in [0.2, 0.25) is 0 Å². The van der Waals surface area contributed by atoms with Crippen LogP contribution in [0.4, 0.5) is 0 Å². The number of esters is 1. The molecule has 4 nitrogen and oxygen atoms in total. The summed E-state index contributed by atoms with van der Waals surface area (Å²) in [5, 5.41) is 11.8. The van der Waals surface area contributed by atoms with E-state index in [-0.39, 0.29) is 12.6 Å². The summed E-state index contributed by atoms with van der Waals surface area (Å²) < 4.78 is 5.19. The van der Waals surface area contributed by atoms with Gasteiger partial charge in [-0.2, -0.15) is 11.8 Å². The van der Waals surface area contributed by atoms with Crippen molar-refractivity contribution in [1.29, 1.82) is 0 Å². The summed E-state index contributed by atoms with van der Waals surface area (Å²) in [5.41, 5.74) is -0.392. The van der Waals surface area contributed by atoms with E-state index in [9.17, 15) is 4.79 Å². The Morgan fingerprint density at radius 1 is 1.29 bits per heavy atom. The van der Waals surface area contributed by atoms with Crippen LogP contribution in [0.2, 0.25) is 0 Å². The molecule has 0 aromatic carbocycles. The lowest BCUT2D eigenvalue weighted by atomic mass is 10.2. The van der Waals surface area contributed by atoms with Crippen LogP contribution in [-0.2, 0) is 9.53 Å². The molecular weight excluding hydrogens is 238 g/mol. The first-order valence-electron chi connectivity index (χ1n) is 6.07. The quantitative estimate of drug-likeness (QED) is 0.487. The first-order valence-corrected chi connectivity index (χ1v) is 7.22. The molecule has 0 radical (unpaired) electrons. The molecule has 102 valence electrons. The topological polar surface area (TPSA) is 58.6 Å². The molecule has 0 fully saturated rings. The smallest absolute Gasteiger partial charge is 0.307 e. The molecule has 5 heteroatoms. The fourth-order valence-electron chi connectivity index (χ4n) is 1.12. The number of carbonyl (C=O) groups excluding carboxylic acids is 1. The SMILES string of the molecule is CC(C)(C)OC(=O)CCNCCSCCCO. The molecule has 0 aliphatic heterocycles. The largest absolute Gasteiger partial charge is 0.460 e. The molecule has 0 saturated carbocycles. The molecule has 0 saturated heterocycles. The van der Waals surface area contributed by atoms with Crippen molar-refractivity contribution >= 4 is 17.7 Å². The maximum Gasteiger partial charge on any atom is 0.307 e. The Morgan fingerprint density at radius 3 is 2.59 bits per heavy atom. The van der Waals surface area contributed by atoms with Gasteiger partial charge < -0.3 is 15.2 Å². The van der Waals surface area contributed by atoms with E-state index in [4.69, 9.17) is 9.84 Å². The molecule has 0 aromatic heterocycles. The van der Waals surface area contributed by atoms with Gasteiger partial charge in [0.05, 0.1) is 6.42 Å². The lowest BCUT2D eigenvalue weighted by Gasteiger charge is -2.19. The second-order valence-corrected chi connectivity index (χ2v) is 6.00. The highest BCUT2D eigenvalue weighted by molar-refractivity contribution is 7.99. The number of thioether (sulfide) groups is 1. The first-order chi connectivity index (χ1) is 7.95. The van der Waals surface area contributed by atoms with E-state index < -0.39 is 5.60 Å². The fourth-order valence-corrected chi connectivity index (χ4v) is 1.95. The molecule has 0 rings (SSSR count). The minimum Gasteiger partial charge on any atom is -0.460 e. The van der Waals surface area contributed by atoms with Gasteiger partial charge in [-0.15, -0.1) is 0 Å². The molecule has 2 N–H and O–H groups in total. The molecule has 0 unspecified atom stereocenters. The highest BCUT2D eigenvalue weighted by Crippen LogP contribution is 2.07. The van der Waals surface area contributed by atoms with Gasteiger partial charge in [-0.25, -0.2) is 0 Å². The molecule has 0 aromatic rings. The number of hydrogen-bond donors (Lipinski definition) is 2. The third kappa shape index (κ3) is 13.7. The van der Waals surface area contributed by atoms with Crippen LogP contribution in [-0.4, -0.2) is 47.9 Å². The van der Waals surface area contributed by atoms with Gasteiger partial charge in [-0.1, -0.05) is 0 Å². The average Bonchev–Trinajstić information content (AvgIpc) is 2.19. The highest BCUT2D eigenvalue weighted by Gasteiger charge is 2.15. The maximum absolute atomic E-state index is 11.3. The zero-order valence-corrected chi connectivity index (χ0v) is 11.9. The molecule has 0 atom stereocenters. The van der Waals surface area contributed by atoms with Gasteiger partial charge >= 0.3 is 5.97 Å². The summed E-state index contributed by atoms with van der Waals surface area (Å²) in [6.07, 6.45) is 1.27. The lowest BCUT2D eigenvalue weighted by molar-refractivity contribution is -0.154. The van der Waals surface area contributed by atoms with Crippen LogP contribution < -0.4 is 5.32 Å². The monoisotopic (exact) mass is 263 g/mol. The second kappa shape index (κ2) is 9.74. The normalized spacial score (nSPS) is 11.5. The van der Waals surface area contributed by atoms with Crippen LogP contribution in [0.5, 0.6) is 0 Å². The summed E-state index contributed by atoms with van der Waals surface area (Å²) >= 11 is 1.81. The number of carbonyl (C=O) groups is 1. The van der Waals surface area contributed by atoms with Gasteiger partial charge in [0.15, 0.2) is 0 Å². The van der Waals surface area contributed by atoms with E-state index in [1.165, 1.54) is 0 Å². The molecule has 0 aliphatic rings. The number of ether oxygens (including phenoxy) is 1. The summed E-state index contributed by atoms with van der Waals surface area (Å²) in [6.45, 7) is 7.43. The minimum atomic E-state index is -0.392. The van der Waals surface area contributed by atoms with Crippen LogP contribution in [0, 0.1) is 0 Å². The number of aliphatic hydroxyl groups is 1. The standard InChI is InChI=1S/C12H25NO3S/c1-12(2,3)16-11(15)5-6-13-7-10-17-9-4-8-14/h13-14H,4-10H2,1-3H3. The first kappa shape index (κ1) is 16.7. The van der Waals surface area contributed by atoms with Crippen LogP contribution >= 0.6 is 11.8 Å². The van der Waals surface area contributed by atoms with Gasteiger partial charge in [-0.05, 0) is 32.9 Å². The van der Waals surface area contributed by atoms with E-state index in [0.717, 1.165) is 24.5 Å². The van der Waals surface area contributed by atoms with E-state index in [1.807, 2.05) is 32.5 Å². The van der Waals surface area contributed by atoms with Gasteiger partial charge in [0, 0.05) is 25.4 Å².